The Morgan fingerprint density at radius 2 is 2.04 bits per heavy atom. The van der Waals surface area contributed by atoms with Gasteiger partial charge in [-0.05, 0) is 36.4 Å². The Bertz CT molecular complexity index is 1070. The summed E-state index contributed by atoms with van der Waals surface area (Å²) in [6.07, 6.45) is 3.12. The molecule has 3 heterocycles. The fourth-order valence-electron chi connectivity index (χ4n) is 2.82. The van der Waals surface area contributed by atoms with Crippen molar-refractivity contribution in [3.8, 4) is 5.88 Å². The quantitative estimate of drug-likeness (QED) is 0.735. The van der Waals surface area contributed by atoms with Gasteiger partial charge in [0.05, 0.1) is 23.9 Å². The van der Waals surface area contributed by atoms with E-state index in [0.717, 1.165) is 10.6 Å². The maximum atomic E-state index is 12.7. The van der Waals surface area contributed by atoms with Crippen LogP contribution < -0.4 is 15.0 Å². The molecule has 0 radical (unpaired) electrons. The van der Waals surface area contributed by atoms with Crippen molar-refractivity contribution in [3.63, 3.8) is 0 Å². The second kappa shape index (κ2) is 7.32. The average molecular weight is 392 g/mol. The summed E-state index contributed by atoms with van der Waals surface area (Å²) in [5, 5.41) is 3.50. The first-order valence-electron chi connectivity index (χ1n) is 8.43. The molecule has 0 saturated heterocycles. The molecule has 7 nitrogen and oxygen atoms in total. The summed E-state index contributed by atoms with van der Waals surface area (Å²) in [5.41, 5.74) is 2.35. The lowest BCUT2D eigenvalue weighted by atomic mass is 10.2. The van der Waals surface area contributed by atoms with Crippen molar-refractivity contribution in [2.24, 2.45) is 0 Å². The van der Waals surface area contributed by atoms with E-state index < -0.39 is 0 Å². The second-order valence-electron chi connectivity index (χ2n) is 6.05. The minimum atomic E-state index is -0.281. The van der Waals surface area contributed by atoms with Gasteiger partial charge in [-0.2, -0.15) is 0 Å². The molecular weight excluding hydrogens is 376 g/mol. The zero-order valence-electron chi connectivity index (χ0n) is 15.2. The highest BCUT2D eigenvalue weighted by Crippen LogP contribution is 2.41. The molecule has 0 bridgehead atoms. The Balaban J connectivity index is 1.63. The van der Waals surface area contributed by atoms with E-state index in [1.165, 1.54) is 25.1 Å². The Hall–Kier alpha value is -3.39. The highest BCUT2D eigenvalue weighted by atomic mass is 32.2. The second-order valence-corrected chi connectivity index (χ2v) is 7.08. The van der Waals surface area contributed by atoms with Crippen LogP contribution >= 0.6 is 11.8 Å². The molecule has 0 spiro atoms. The number of hydrogen-bond donors (Lipinski definition) is 1. The minimum Gasteiger partial charge on any atom is -0.481 e. The van der Waals surface area contributed by atoms with Crippen LogP contribution in [0.5, 0.6) is 5.88 Å². The number of methoxy groups -OCH3 is 1. The van der Waals surface area contributed by atoms with E-state index in [2.05, 4.69) is 15.3 Å². The van der Waals surface area contributed by atoms with Gasteiger partial charge >= 0.3 is 0 Å². The predicted molar refractivity (Wildman–Crippen MR) is 106 cm³/mol. The predicted octanol–water partition coefficient (Wildman–Crippen LogP) is 3.48. The summed E-state index contributed by atoms with van der Waals surface area (Å²) in [6, 6.07) is 12.2. The molecule has 0 unspecified atom stereocenters. The summed E-state index contributed by atoms with van der Waals surface area (Å²) in [6.45, 7) is 0. The van der Waals surface area contributed by atoms with E-state index in [1.807, 2.05) is 12.1 Å². The standard InChI is InChI=1S/C20H16N4O3S/c1-24-15-7-6-13(23-18(25)12-5-8-17(27-2)22-11-12)10-16(15)28-19-14(20(24)26)4-3-9-21-19/h3-11H,1-2H3,(H,23,25). The Morgan fingerprint density at radius 1 is 1.18 bits per heavy atom. The molecule has 140 valence electrons. The van der Waals surface area contributed by atoms with Gasteiger partial charge in [-0.1, -0.05) is 11.8 Å². The Labute approximate surface area is 165 Å². The highest BCUT2D eigenvalue weighted by Gasteiger charge is 2.25. The van der Waals surface area contributed by atoms with Crippen molar-refractivity contribution in [3.05, 3.63) is 66.0 Å². The maximum Gasteiger partial charge on any atom is 0.260 e. The largest absolute Gasteiger partial charge is 0.481 e. The van der Waals surface area contributed by atoms with Crippen molar-refractivity contribution in [1.82, 2.24) is 9.97 Å². The molecule has 3 aromatic rings. The molecule has 0 aliphatic carbocycles. The van der Waals surface area contributed by atoms with Gasteiger partial charge in [0.1, 0.15) is 5.03 Å². The first kappa shape index (κ1) is 18.0. The number of carbonyl (C=O) groups excluding carboxylic acids is 2. The smallest absolute Gasteiger partial charge is 0.260 e. The zero-order chi connectivity index (χ0) is 19.7. The van der Waals surface area contributed by atoms with Crippen LogP contribution in [0.15, 0.2) is 64.8 Å². The lowest BCUT2D eigenvalue weighted by molar-refractivity contribution is 0.0987. The van der Waals surface area contributed by atoms with Crippen LogP contribution in [0.3, 0.4) is 0 Å². The third-order valence-electron chi connectivity index (χ3n) is 4.30. The summed E-state index contributed by atoms with van der Waals surface area (Å²) in [7, 11) is 3.25. The van der Waals surface area contributed by atoms with Gasteiger partial charge in [-0.15, -0.1) is 0 Å². The van der Waals surface area contributed by atoms with Crippen LogP contribution in [-0.4, -0.2) is 35.9 Å². The van der Waals surface area contributed by atoms with Crippen LogP contribution in [0.1, 0.15) is 20.7 Å². The average Bonchev–Trinajstić information content (AvgIpc) is 2.83. The number of fused-ring (bicyclic) bond motifs is 2. The number of amides is 2. The molecular formula is C20H16N4O3S. The van der Waals surface area contributed by atoms with E-state index >= 15 is 0 Å². The normalized spacial score (nSPS) is 12.6. The molecule has 1 N–H and O–H groups in total. The summed E-state index contributed by atoms with van der Waals surface area (Å²) < 4.78 is 5.01. The SMILES string of the molecule is COc1ccc(C(=O)Nc2ccc3c(c2)Sc2ncccc2C(=O)N3C)cn1. The lowest BCUT2D eigenvalue weighted by Crippen LogP contribution is -2.26. The first-order valence-corrected chi connectivity index (χ1v) is 9.25. The van der Waals surface area contributed by atoms with E-state index in [1.54, 1.807) is 48.5 Å². The van der Waals surface area contributed by atoms with Crippen LogP contribution in [0, 0.1) is 0 Å². The van der Waals surface area contributed by atoms with E-state index in [-0.39, 0.29) is 11.8 Å². The number of nitrogens with zero attached hydrogens (tertiary/aromatic N) is 3. The monoisotopic (exact) mass is 392 g/mol. The van der Waals surface area contributed by atoms with Crippen molar-refractivity contribution in [2.45, 2.75) is 9.92 Å². The van der Waals surface area contributed by atoms with Crippen molar-refractivity contribution >= 4 is 35.0 Å². The summed E-state index contributed by atoms with van der Waals surface area (Å²) >= 11 is 1.40. The van der Waals surface area contributed by atoms with Crippen molar-refractivity contribution in [2.75, 3.05) is 24.4 Å². The number of ether oxygens (including phenoxy) is 1. The minimum absolute atomic E-state index is 0.115. The molecule has 1 aliphatic rings. The maximum absolute atomic E-state index is 12.7. The molecule has 0 saturated carbocycles. The van der Waals surface area contributed by atoms with Crippen molar-refractivity contribution in [1.29, 1.82) is 0 Å². The van der Waals surface area contributed by atoms with Crippen molar-refractivity contribution < 1.29 is 14.3 Å². The first-order chi connectivity index (χ1) is 13.6. The van der Waals surface area contributed by atoms with E-state index in [4.69, 9.17) is 4.74 Å². The van der Waals surface area contributed by atoms with Crippen LogP contribution in [-0.2, 0) is 0 Å². The number of benzene rings is 1. The molecule has 1 aromatic carbocycles. The number of anilines is 2. The van der Waals surface area contributed by atoms with Gasteiger partial charge in [0.25, 0.3) is 11.8 Å². The number of carbonyl (C=O) groups is 2. The fraction of sp³-hybridized carbons (Fsp3) is 0.100. The topological polar surface area (TPSA) is 84.4 Å². The third kappa shape index (κ3) is 3.29. The molecule has 1 aliphatic heterocycles. The summed E-state index contributed by atoms with van der Waals surface area (Å²) in [4.78, 5) is 36.0. The van der Waals surface area contributed by atoms with Gasteiger partial charge in [-0.3, -0.25) is 9.59 Å². The molecule has 2 amide bonds. The lowest BCUT2D eigenvalue weighted by Gasteiger charge is -2.18. The number of nitrogens with one attached hydrogen (secondary N) is 1. The van der Waals surface area contributed by atoms with Crippen LogP contribution in [0.2, 0.25) is 0 Å². The molecule has 28 heavy (non-hydrogen) atoms. The highest BCUT2D eigenvalue weighted by molar-refractivity contribution is 7.99. The Morgan fingerprint density at radius 3 is 2.79 bits per heavy atom. The fourth-order valence-corrected chi connectivity index (χ4v) is 3.90. The van der Waals surface area contributed by atoms with Gasteiger partial charge in [-0.25, -0.2) is 9.97 Å². The zero-order valence-corrected chi connectivity index (χ0v) is 16.0. The molecule has 4 rings (SSSR count). The number of rotatable bonds is 3. The van der Waals surface area contributed by atoms with Gasteiger partial charge in [0.15, 0.2) is 0 Å². The van der Waals surface area contributed by atoms with Gasteiger partial charge < -0.3 is 15.0 Å². The third-order valence-corrected chi connectivity index (χ3v) is 5.37. The molecule has 0 fully saturated rings. The number of aromatic nitrogens is 2. The van der Waals surface area contributed by atoms with E-state index in [0.29, 0.717) is 27.7 Å². The molecule has 2 aromatic heterocycles. The molecule has 8 heteroatoms. The number of pyridine rings is 2. The van der Waals surface area contributed by atoms with Crippen LogP contribution in [0.25, 0.3) is 0 Å². The summed E-state index contributed by atoms with van der Waals surface area (Å²) in [5.74, 6) is 0.0453. The van der Waals surface area contributed by atoms with Crippen LogP contribution in [0.4, 0.5) is 11.4 Å². The number of hydrogen-bond acceptors (Lipinski definition) is 6. The Kier molecular flexibility index (Phi) is 4.70. The molecule has 0 atom stereocenters. The van der Waals surface area contributed by atoms with E-state index in [9.17, 15) is 9.59 Å². The van der Waals surface area contributed by atoms with Gasteiger partial charge in [0.2, 0.25) is 5.88 Å². The van der Waals surface area contributed by atoms with Gasteiger partial charge in [0, 0.05) is 36.1 Å².